The fourth-order valence-corrected chi connectivity index (χ4v) is 2.23. The second kappa shape index (κ2) is 5.77. The molecule has 5 nitrogen and oxygen atoms in total. The lowest BCUT2D eigenvalue weighted by Crippen LogP contribution is -2.18. The Balaban J connectivity index is 2.18. The molecule has 0 spiro atoms. The summed E-state index contributed by atoms with van der Waals surface area (Å²) in [4.78, 5) is 22.3. The smallest absolute Gasteiger partial charge is 0.419 e. The number of aromatic hydroxyl groups is 1. The minimum absolute atomic E-state index is 0.0283. The molecule has 2 rings (SSSR count). The first-order valence-electron chi connectivity index (χ1n) is 6.54. The van der Waals surface area contributed by atoms with Crippen LogP contribution in [0.3, 0.4) is 0 Å². The minimum Gasteiger partial charge on any atom is -0.507 e. The van der Waals surface area contributed by atoms with Crippen molar-refractivity contribution in [3.8, 4) is 5.75 Å². The zero-order valence-corrected chi connectivity index (χ0v) is 11.5. The van der Waals surface area contributed by atoms with E-state index in [1.54, 1.807) is 6.08 Å². The largest absolute Gasteiger partial charge is 0.507 e. The highest BCUT2D eigenvalue weighted by Crippen LogP contribution is 2.33. The summed E-state index contributed by atoms with van der Waals surface area (Å²) < 4.78 is 4.76. The maximum Gasteiger partial charge on any atom is 0.419 e. The van der Waals surface area contributed by atoms with Crippen LogP contribution in [0.2, 0.25) is 0 Å². The Bertz CT molecular complexity index is 577. The van der Waals surface area contributed by atoms with Gasteiger partial charge in [0.1, 0.15) is 5.75 Å². The standard InChI is InChI=1S/C15H17NO4/c1-3-10(11-6-4-5-9(2)13(11)17)7-8-12-14(18)16-15(19)20-12/h4-6,8,10,17H,3,7H2,1-2H3,(H,16,18,19). The third-order valence-electron chi connectivity index (χ3n) is 3.43. The number of allylic oxidation sites excluding steroid dienone is 1. The molecule has 1 aliphatic heterocycles. The van der Waals surface area contributed by atoms with E-state index >= 15 is 0 Å². The Labute approximate surface area is 117 Å². The Hall–Kier alpha value is -2.30. The molecule has 106 valence electrons. The molecule has 2 amide bonds. The fourth-order valence-electron chi connectivity index (χ4n) is 2.23. The number of amides is 2. The molecule has 1 saturated heterocycles. The van der Waals surface area contributed by atoms with E-state index in [0.717, 1.165) is 17.5 Å². The predicted molar refractivity (Wildman–Crippen MR) is 73.2 cm³/mol. The van der Waals surface area contributed by atoms with Crippen molar-refractivity contribution < 1.29 is 19.4 Å². The number of alkyl carbamates (subject to hydrolysis) is 1. The van der Waals surface area contributed by atoms with Gasteiger partial charge in [0, 0.05) is 0 Å². The number of benzene rings is 1. The Morgan fingerprint density at radius 2 is 2.15 bits per heavy atom. The van der Waals surface area contributed by atoms with Crippen molar-refractivity contribution in [3.63, 3.8) is 0 Å². The molecule has 1 atom stereocenters. The van der Waals surface area contributed by atoms with Gasteiger partial charge < -0.3 is 9.84 Å². The topological polar surface area (TPSA) is 75.6 Å². The highest BCUT2D eigenvalue weighted by atomic mass is 16.6. The second-order valence-electron chi connectivity index (χ2n) is 4.77. The molecule has 20 heavy (non-hydrogen) atoms. The molecule has 1 aromatic carbocycles. The summed E-state index contributed by atoms with van der Waals surface area (Å²) in [5.74, 6) is -0.140. The van der Waals surface area contributed by atoms with Crippen LogP contribution in [0.1, 0.15) is 36.8 Å². The van der Waals surface area contributed by atoms with E-state index in [4.69, 9.17) is 4.74 Å². The molecule has 2 N–H and O–H groups in total. The lowest BCUT2D eigenvalue weighted by Gasteiger charge is -2.16. The van der Waals surface area contributed by atoms with Crippen LogP contribution in [0.4, 0.5) is 4.79 Å². The van der Waals surface area contributed by atoms with Gasteiger partial charge >= 0.3 is 6.09 Å². The van der Waals surface area contributed by atoms with Crippen LogP contribution < -0.4 is 5.32 Å². The van der Waals surface area contributed by atoms with E-state index in [0.29, 0.717) is 6.42 Å². The van der Waals surface area contributed by atoms with Gasteiger partial charge in [-0.1, -0.05) is 25.1 Å². The maximum atomic E-state index is 11.4. The van der Waals surface area contributed by atoms with Crippen LogP contribution >= 0.6 is 0 Å². The van der Waals surface area contributed by atoms with Crippen molar-refractivity contribution in [2.45, 2.75) is 32.6 Å². The predicted octanol–water partition coefficient (Wildman–Crippen LogP) is 2.73. The highest BCUT2D eigenvalue weighted by Gasteiger charge is 2.26. The molecule has 1 aromatic rings. The van der Waals surface area contributed by atoms with Gasteiger partial charge in [0.2, 0.25) is 0 Å². The third-order valence-corrected chi connectivity index (χ3v) is 3.43. The fraction of sp³-hybridized carbons (Fsp3) is 0.333. The normalized spacial score (nSPS) is 18.0. The average Bonchev–Trinajstić information content (AvgIpc) is 2.73. The number of hydrogen-bond donors (Lipinski definition) is 2. The average molecular weight is 275 g/mol. The number of aryl methyl sites for hydroxylation is 1. The number of rotatable bonds is 4. The first-order valence-corrected chi connectivity index (χ1v) is 6.54. The first-order chi connectivity index (χ1) is 9.52. The maximum absolute atomic E-state index is 11.4. The number of para-hydroxylation sites is 1. The Morgan fingerprint density at radius 1 is 1.40 bits per heavy atom. The van der Waals surface area contributed by atoms with Crippen LogP contribution in [0.5, 0.6) is 5.75 Å². The van der Waals surface area contributed by atoms with Crippen molar-refractivity contribution in [2.75, 3.05) is 0 Å². The van der Waals surface area contributed by atoms with Crippen LogP contribution in [0, 0.1) is 6.92 Å². The summed E-state index contributed by atoms with van der Waals surface area (Å²) in [7, 11) is 0. The number of nitrogens with one attached hydrogen (secondary N) is 1. The van der Waals surface area contributed by atoms with Crippen LogP contribution in [-0.4, -0.2) is 17.1 Å². The molecule has 1 heterocycles. The quantitative estimate of drug-likeness (QED) is 0.828. The van der Waals surface area contributed by atoms with Crippen molar-refractivity contribution in [3.05, 3.63) is 41.2 Å². The van der Waals surface area contributed by atoms with E-state index < -0.39 is 12.0 Å². The molecule has 5 heteroatoms. The molecule has 0 bridgehead atoms. The number of hydrogen-bond acceptors (Lipinski definition) is 4. The molecule has 1 unspecified atom stereocenters. The summed E-state index contributed by atoms with van der Waals surface area (Å²) >= 11 is 0. The minimum atomic E-state index is -0.743. The van der Waals surface area contributed by atoms with Crippen LogP contribution in [0.25, 0.3) is 0 Å². The van der Waals surface area contributed by atoms with Gasteiger partial charge in [0.15, 0.2) is 5.76 Å². The lowest BCUT2D eigenvalue weighted by atomic mass is 9.91. The van der Waals surface area contributed by atoms with E-state index in [2.05, 4.69) is 5.32 Å². The molecular formula is C15H17NO4. The Morgan fingerprint density at radius 3 is 2.75 bits per heavy atom. The van der Waals surface area contributed by atoms with E-state index in [1.165, 1.54) is 0 Å². The number of imide groups is 1. The summed E-state index contributed by atoms with van der Waals surface area (Å²) in [6.45, 7) is 3.85. The van der Waals surface area contributed by atoms with Gasteiger partial charge in [-0.05, 0) is 42.9 Å². The van der Waals surface area contributed by atoms with Gasteiger partial charge in [0.05, 0.1) is 0 Å². The van der Waals surface area contributed by atoms with Crippen LogP contribution in [0.15, 0.2) is 30.0 Å². The first kappa shape index (κ1) is 14.1. The monoisotopic (exact) mass is 275 g/mol. The molecule has 0 aliphatic carbocycles. The van der Waals surface area contributed by atoms with Gasteiger partial charge in [-0.15, -0.1) is 0 Å². The van der Waals surface area contributed by atoms with Crippen molar-refractivity contribution >= 4 is 12.0 Å². The van der Waals surface area contributed by atoms with Crippen molar-refractivity contribution in [1.82, 2.24) is 5.32 Å². The van der Waals surface area contributed by atoms with Gasteiger partial charge in [-0.2, -0.15) is 0 Å². The molecule has 0 aromatic heterocycles. The summed E-state index contributed by atoms with van der Waals surface area (Å²) in [6.07, 6.45) is 2.17. The number of phenols is 1. The van der Waals surface area contributed by atoms with E-state index in [9.17, 15) is 14.7 Å². The zero-order chi connectivity index (χ0) is 14.7. The highest BCUT2D eigenvalue weighted by molar-refractivity contribution is 6.07. The number of phenolic OH excluding ortho intramolecular Hbond substituents is 1. The van der Waals surface area contributed by atoms with Gasteiger partial charge in [0.25, 0.3) is 5.91 Å². The summed E-state index contributed by atoms with van der Waals surface area (Å²) in [6, 6.07) is 5.61. The van der Waals surface area contributed by atoms with Crippen molar-refractivity contribution in [1.29, 1.82) is 0 Å². The molecule has 0 saturated carbocycles. The molecule has 0 radical (unpaired) electrons. The number of ether oxygens (including phenoxy) is 1. The van der Waals surface area contributed by atoms with Gasteiger partial charge in [-0.3, -0.25) is 10.1 Å². The zero-order valence-electron chi connectivity index (χ0n) is 11.5. The van der Waals surface area contributed by atoms with Crippen molar-refractivity contribution in [2.24, 2.45) is 0 Å². The Kier molecular flexibility index (Phi) is 4.08. The second-order valence-corrected chi connectivity index (χ2v) is 4.77. The molecule has 1 aliphatic rings. The molecular weight excluding hydrogens is 258 g/mol. The van der Waals surface area contributed by atoms with Crippen LogP contribution in [-0.2, 0) is 9.53 Å². The SMILES string of the molecule is CCC(CC=C1OC(=O)NC1=O)c1cccc(C)c1O. The number of cyclic esters (lactones) is 1. The third kappa shape index (κ3) is 2.82. The van der Waals surface area contributed by atoms with E-state index in [1.807, 2.05) is 32.0 Å². The van der Waals surface area contributed by atoms with E-state index in [-0.39, 0.29) is 17.4 Å². The lowest BCUT2D eigenvalue weighted by molar-refractivity contribution is -0.116. The number of carbonyl (C=O) groups excluding carboxylic acids is 2. The summed E-state index contributed by atoms with van der Waals surface area (Å²) in [5, 5.41) is 12.2. The summed E-state index contributed by atoms with van der Waals surface area (Å²) in [5.41, 5.74) is 1.66. The van der Waals surface area contributed by atoms with Gasteiger partial charge in [-0.25, -0.2) is 4.79 Å². The number of carbonyl (C=O) groups is 2. The molecule has 1 fully saturated rings.